The average Bonchev–Trinajstić information content (AvgIpc) is 2.62. The first-order valence-electron chi connectivity index (χ1n) is 9.42. The number of hydrogen-bond donors (Lipinski definition) is 2. The first-order valence-corrected chi connectivity index (χ1v) is 9.42. The van der Waals surface area contributed by atoms with E-state index in [0.717, 1.165) is 38.4 Å². The van der Waals surface area contributed by atoms with Crippen molar-refractivity contribution in [2.24, 2.45) is 11.8 Å². The topological polar surface area (TPSA) is 35.5 Å². The SMILES string of the molecule is CC1CCC(NCc2ccc(N3CCC(CO)CC3)cc2)CC1. The Morgan fingerprint density at radius 1 is 1.00 bits per heavy atom. The molecule has 0 spiro atoms. The minimum absolute atomic E-state index is 0.346. The first-order chi connectivity index (χ1) is 11.2. The van der Waals surface area contributed by atoms with Crippen molar-refractivity contribution < 1.29 is 5.11 Å². The smallest absolute Gasteiger partial charge is 0.0460 e. The molecule has 3 nitrogen and oxygen atoms in total. The van der Waals surface area contributed by atoms with Gasteiger partial charge in [0.1, 0.15) is 0 Å². The monoisotopic (exact) mass is 316 g/mol. The Kier molecular flexibility index (Phi) is 5.96. The molecule has 1 aliphatic heterocycles. The zero-order chi connectivity index (χ0) is 16.1. The van der Waals surface area contributed by atoms with E-state index in [4.69, 9.17) is 0 Å². The summed E-state index contributed by atoms with van der Waals surface area (Å²) in [6.07, 6.45) is 7.64. The van der Waals surface area contributed by atoms with Crippen LogP contribution in [0.4, 0.5) is 5.69 Å². The van der Waals surface area contributed by atoms with Crippen molar-refractivity contribution in [1.29, 1.82) is 0 Å². The third-order valence-electron chi connectivity index (χ3n) is 5.78. The van der Waals surface area contributed by atoms with Crippen molar-refractivity contribution in [2.75, 3.05) is 24.6 Å². The summed E-state index contributed by atoms with van der Waals surface area (Å²) in [5.41, 5.74) is 2.72. The largest absolute Gasteiger partial charge is 0.396 e. The van der Waals surface area contributed by atoms with E-state index < -0.39 is 0 Å². The van der Waals surface area contributed by atoms with Gasteiger partial charge in [-0.1, -0.05) is 19.1 Å². The van der Waals surface area contributed by atoms with Crippen LogP contribution in [-0.4, -0.2) is 30.8 Å². The lowest BCUT2D eigenvalue weighted by Crippen LogP contribution is -2.34. The highest BCUT2D eigenvalue weighted by Gasteiger charge is 2.19. The normalized spacial score (nSPS) is 26.4. The molecule has 0 amide bonds. The van der Waals surface area contributed by atoms with Crippen LogP contribution in [0.15, 0.2) is 24.3 Å². The zero-order valence-corrected chi connectivity index (χ0v) is 14.5. The highest BCUT2D eigenvalue weighted by Crippen LogP contribution is 2.25. The minimum Gasteiger partial charge on any atom is -0.396 e. The quantitative estimate of drug-likeness (QED) is 0.872. The number of rotatable bonds is 5. The van der Waals surface area contributed by atoms with Crippen LogP contribution >= 0.6 is 0 Å². The fourth-order valence-electron chi connectivity index (χ4n) is 3.92. The first kappa shape index (κ1) is 16.8. The lowest BCUT2D eigenvalue weighted by Gasteiger charge is -2.33. The van der Waals surface area contributed by atoms with E-state index >= 15 is 0 Å². The minimum atomic E-state index is 0.346. The molecular formula is C20H32N2O. The number of anilines is 1. The Balaban J connectivity index is 1.46. The van der Waals surface area contributed by atoms with Gasteiger partial charge in [-0.2, -0.15) is 0 Å². The molecule has 0 atom stereocenters. The van der Waals surface area contributed by atoms with E-state index in [9.17, 15) is 5.11 Å². The standard InChI is InChI=1S/C20H32N2O/c1-16-2-6-19(7-3-16)21-14-17-4-8-20(9-5-17)22-12-10-18(15-23)11-13-22/h4-5,8-9,16,18-19,21,23H,2-3,6-7,10-15H2,1H3. The Bertz CT molecular complexity index is 457. The maximum absolute atomic E-state index is 9.24. The van der Waals surface area contributed by atoms with Crippen molar-refractivity contribution in [3.63, 3.8) is 0 Å². The number of piperidine rings is 1. The molecule has 1 saturated heterocycles. The van der Waals surface area contributed by atoms with Crippen molar-refractivity contribution in [2.45, 2.75) is 58.0 Å². The van der Waals surface area contributed by atoms with E-state index in [1.54, 1.807) is 0 Å². The fourth-order valence-corrected chi connectivity index (χ4v) is 3.92. The molecular weight excluding hydrogens is 284 g/mol. The lowest BCUT2D eigenvalue weighted by atomic mass is 9.87. The predicted molar refractivity (Wildman–Crippen MR) is 96.7 cm³/mol. The second-order valence-electron chi connectivity index (χ2n) is 7.62. The maximum atomic E-state index is 9.24. The molecule has 2 fully saturated rings. The van der Waals surface area contributed by atoms with Gasteiger partial charge in [0, 0.05) is 38.0 Å². The van der Waals surface area contributed by atoms with E-state index in [1.807, 2.05) is 0 Å². The second-order valence-corrected chi connectivity index (χ2v) is 7.62. The summed E-state index contributed by atoms with van der Waals surface area (Å²) < 4.78 is 0. The van der Waals surface area contributed by atoms with Gasteiger partial charge < -0.3 is 15.3 Å². The van der Waals surface area contributed by atoms with Gasteiger partial charge in [0.25, 0.3) is 0 Å². The van der Waals surface area contributed by atoms with Gasteiger partial charge in [-0.3, -0.25) is 0 Å². The van der Waals surface area contributed by atoms with Gasteiger partial charge in [0.15, 0.2) is 0 Å². The molecule has 0 radical (unpaired) electrons. The van der Waals surface area contributed by atoms with Crippen molar-refractivity contribution in [3.8, 4) is 0 Å². The molecule has 1 aromatic carbocycles. The Morgan fingerprint density at radius 3 is 2.26 bits per heavy atom. The number of hydrogen-bond acceptors (Lipinski definition) is 3. The van der Waals surface area contributed by atoms with E-state index in [1.165, 1.54) is 36.9 Å². The molecule has 128 valence electrons. The number of benzene rings is 1. The third-order valence-corrected chi connectivity index (χ3v) is 5.78. The van der Waals surface area contributed by atoms with Gasteiger partial charge >= 0.3 is 0 Å². The molecule has 2 N–H and O–H groups in total. The maximum Gasteiger partial charge on any atom is 0.0460 e. The van der Waals surface area contributed by atoms with Crippen LogP contribution < -0.4 is 10.2 Å². The Morgan fingerprint density at radius 2 is 1.65 bits per heavy atom. The molecule has 1 aromatic rings. The van der Waals surface area contributed by atoms with Gasteiger partial charge in [-0.15, -0.1) is 0 Å². The van der Waals surface area contributed by atoms with Crippen LogP contribution in [0, 0.1) is 11.8 Å². The van der Waals surface area contributed by atoms with Crippen molar-refractivity contribution in [3.05, 3.63) is 29.8 Å². The second kappa shape index (κ2) is 8.16. The summed E-state index contributed by atoms with van der Waals surface area (Å²) in [5, 5.41) is 13.0. The summed E-state index contributed by atoms with van der Waals surface area (Å²) >= 11 is 0. The number of nitrogens with zero attached hydrogens (tertiary/aromatic N) is 1. The lowest BCUT2D eigenvalue weighted by molar-refractivity contribution is 0.203. The van der Waals surface area contributed by atoms with E-state index in [-0.39, 0.29) is 0 Å². The molecule has 1 aliphatic carbocycles. The number of nitrogens with one attached hydrogen (secondary N) is 1. The molecule has 1 saturated carbocycles. The van der Waals surface area contributed by atoms with E-state index in [0.29, 0.717) is 18.6 Å². The van der Waals surface area contributed by atoms with Crippen LogP contribution in [0.5, 0.6) is 0 Å². The molecule has 2 aliphatic rings. The van der Waals surface area contributed by atoms with Gasteiger partial charge in [0.2, 0.25) is 0 Å². The highest BCUT2D eigenvalue weighted by atomic mass is 16.3. The van der Waals surface area contributed by atoms with Crippen LogP contribution in [-0.2, 0) is 6.54 Å². The van der Waals surface area contributed by atoms with Gasteiger partial charge in [-0.25, -0.2) is 0 Å². The van der Waals surface area contributed by atoms with Crippen molar-refractivity contribution >= 4 is 5.69 Å². The predicted octanol–water partition coefficient (Wildman–Crippen LogP) is 3.56. The van der Waals surface area contributed by atoms with Crippen LogP contribution in [0.25, 0.3) is 0 Å². The third kappa shape index (κ3) is 4.71. The summed E-state index contributed by atoms with van der Waals surface area (Å²) in [7, 11) is 0. The fraction of sp³-hybridized carbons (Fsp3) is 0.700. The van der Waals surface area contributed by atoms with Crippen LogP contribution in [0.3, 0.4) is 0 Å². The average molecular weight is 316 g/mol. The number of aliphatic hydroxyl groups is 1. The van der Waals surface area contributed by atoms with E-state index in [2.05, 4.69) is 41.4 Å². The zero-order valence-electron chi connectivity index (χ0n) is 14.5. The molecule has 1 heterocycles. The molecule has 0 aromatic heterocycles. The Hall–Kier alpha value is -1.06. The number of aliphatic hydroxyl groups excluding tert-OH is 1. The summed E-state index contributed by atoms with van der Waals surface area (Å²) in [6.45, 7) is 5.86. The van der Waals surface area contributed by atoms with Gasteiger partial charge in [-0.05, 0) is 68.1 Å². The van der Waals surface area contributed by atoms with Crippen LogP contribution in [0.1, 0.15) is 51.0 Å². The van der Waals surface area contributed by atoms with Gasteiger partial charge in [0.05, 0.1) is 0 Å². The molecule has 3 heteroatoms. The molecule has 0 bridgehead atoms. The summed E-state index contributed by atoms with van der Waals surface area (Å²) in [4.78, 5) is 2.45. The summed E-state index contributed by atoms with van der Waals surface area (Å²) in [6, 6.07) is 9.78. The Labute approximate surface area is 141 Å². The molecule has 23 heavy (non-hydrogen) atoms. The molecule has 0 unspecified atom stereocenters. The van der Waals surface area contributed by atoms with Crippen LogP contribution in [0.2, 0.25) is 0 Å². The summed E-state index contributed by atoms with van der Waals surface area (Å²) in [5.74, 6) is 1.43. The van der Waals surface area contributed by atoms with Crippen molar-refractivity contribution in [1.82, 2.24) is 5.32 Å². The molecule has 3 rings (SSSR count). The highest BCUT2D eigenvalue weighted by molar-refractivity contribution is 5.48.